The molecule has 0 bridgehead atoms. The van der Waals surface area contributed by atoms with Crippen molar-refractivity contribution in [2.75, 3.05) is 5.32 Å². The monoisotopic (exact) mass is 424 g/mol. The van der Waals surface area contributed by atoms with Gasteiger partial charge in [-0.15, -0.1) is 0 Å². The van der Waals surface area contributed by atoms with E-state index in [1.807, 2.05) is 49.1 Å². The molecular weight excluding hydrogens is 408 g/mol. The Labute approximate surface area is 164 Å². The first kappa shape index (κ1) is 17.4. The van der Waals surface area contributed by atoms with E-state index in [1.54, 1.807) is 23.1 Å². The SMILES string of the molecule is Cc1cc(C(=O)Nc2ccc(Cn3cc(Br)cn3)cc2)c2cnn(C)c2n1. The summed E-state index contributed by atoms with van der Waals surface area (Å²) >= 11 is 3.39. The van der Waals surface area contributed by atoms with Crippen LogP contribution in [0.5, 0.6) is 0 Å². The number of rotatable bonds is 4. The molecule has 0 radical (unpaired) electrons. The molecule has 8 heteroatoms. The summed E-state index contributed by atoms with van der Waals surface area (Å²) in [4.78, 5) is 17.2. The Morgan fingerprint density at radius 3 is 2.67 bits per heavy atom. The number of fused-ring (bicyclic) bond motifs is 1. The van der Waals surface area contributed by atoms with Gasteiger partial charge in [-0.2, -0.15) is 10.2 Å². The van der Waals surface area contributed by atoms with Gasteiger partial charge in [0, 0.05) is 24.6 Å². The molecule has 4 rings (SSSR count). The van der Waals surface area contributed by atoms with Crippen LogP contribution in [-0.4, -0.2) is 30.5 Å². The Kier molecular flexibility index (Phi) is 4.49. The van der Waals surface area contributed by atoms with E-state index in [-0.39, 0.29) is 5.91 Å². The molecule has 3 aromatic heterocycles. The highest BCUT2D eigenvalue weighted by atomic mass is 79.9. The second kappa shape index (κ2) is 6.96. The second-order valence-corrected chi connectivity index (χ2v) is 7.24. The number of anilines is 1. The smallest absolute Gasteiger partial charge is 0.256 e. The second-order valence-electron chi connectivity index (χ2n) is 6.32. The minimum absolute atomic E-state index is 0.178. The number of benzene rings is 1. The lowest BCUT2D eigenvalue weighted by Gasteiger charge is -2.08. The van der Waals surface area contributed by atoms with Crippen LogP contribution in [0.15, 0.2) is 53.4 Å². The number of carbonyl (C=O) groups is 1. The summed E-state index contributed by atoms with van der Waals surface area (Å²) in [5.41, 5.74) is 3.86. The Hall–Kier alpha value is -3.00. The number of pyridine rings is 1. The predicted octanol–water partition coefficient (Wildman–Crippen LogP) is 3.54. The molecule has 0 aliphatic rings. The number of hydrogen-bond acceptors (Lipinski definition) is 4. The first-order valence-electron chi connectivity index (χ1n) is 8.37. The number of hydrogen-bond donors (Lipinski definition) is 1. The molecule has 1 amide bonds. The van der Waals surface area contributed by atoms with Crippen molar-refractivity contribution in [2.24, 2.45) is 7.05 Å². The molecule has 0 fully saturated rings. The molecular formula is C19H17BrN6O. The number of aromatic nitrogens is 5. The molecule has 136 valence electrons. The highest BCUT2D eigenvalue weighted by molar-refractivity contribution is 9.10. The molecule has 1 N–H and O–H groups in total. The van der Waals surface area contributed by atoms with Crippen LogP contribution >= 0.6 is 15.9 Å². The van der Waals surface area contributed by atoms with Crippen molar-refractivity contribution in [2.45, 2.75) is 13.5 Å². The molecule has 1 aromatic carbocycles. The largest absolute Gasteiger partial charge is 0.322 e. The molecule has 0 spiro atoms. The summed E-state index contributed by atoms with van der Waals surface area (Å²) in [5.74, 6) is -0.178. The third-order valence-electron chi connectivity index (χ3n) is 4.24. The van der Waals surface area contributed by atoms with E-state index in [1.165, 1.54) is 0 Å². The Balaban J connectivity index is 1.53. The van der Waals surface area contributed by atoms with Crippen molar-refractivity contribution in [3.8, 4) is 0 Å². The van der Waals surface area contributed by atoms with E-state index in [9.17, 15) is 4.79 Å². The third kappa shape index (κ3) is 3.61. The minimum Gasteiger partial charge on any atom is -0.322 e. The third-order valence-corrected chi connectivity index (χ3v) is 4.65. The molecule has 4 aromatic rings. The van der Waals surface area contributed by atoms with Crippen molar-refractivity contribution in [1.29, 1.82) is 0 Å². The fourth-order valence-electron chi connectivity index (χ4n) is 2.93. The summed E-state index contributed by atoms with van der Waals surface area (Å²) in [6.45, 7) is 2.53. The standard InChI is InChI=1S/C19H17BrN6O/c1-12-7-16(17-9-21-25(2)18(17)23-12)19(27)24-15-5-3-13(4-6-15)10-26-11-14(20)8-22-26/h3-9,11H,10H2,1-2H3,(H,24,27). The van der Waals surface area contributed by atoms with Crippen molar-refractivity contribution < 1.29 is 4.79 Å². The average Bonchev–Trinajstić information content (AvgIpc) is 3.22. The molecule has 0 unspecified atom stereocenters. The van der Waals surface area contributed by atoms with Gasteiger partial charge >= 0.3 is 0 Å². The number of nitrogens with one attached hydrogen (secondary N) is 1. The highest BCUT2D eigenvalue weighted by Crippen LogP contribution is 2.20. The maximum absolute atomic E-state index is 12.8. The van der Waals surface area contributed by atoms with E-state index < -0.39 is 0 Å². The zero-order valence-corrected chi connectivity index (χ0v) is 16.4. The van der Waals surface area contributed by atoms with Gasteiger partial charge in [0.05, 0.1) is 34.4 Å². The first-order valence-corrected chi connectivity index (χ1v) is 9.16. The number of aryl methyl sites for hydroxylation is 2. The Morgan fingerprint density at radius 1 is 1.19 bits per heavy atom. The summed E-state index contributed by atoms with van der Waals surface area (Å²) < 4.78 is 4.46. The molecule has 27 heavy (non-hydrogen) atoms. The zero-order valence-electron chi connectivity index (χ0n) is 14.8. The maximum Gasteiger partial charge on any atom is 0.256 e. The molecule has 7 nitrogen and oxygen atoms in total. The van der Waals surface area contributed by atoms with Crippen LogP contribution < -0.4 is 5.32 Å². The van der Waals surface area contributed by atoms with Crippen LogP contribution in [0.4, 0.5) is 5.69 Å². The fraction of sp³-hybridized carbons (Fsp3) is 0.158. The van der Waals surface area contributed by atoms with Gasteiger partial charge in [-0.1, -0.05) is 12.1 Å². The summed E-state index contributed by atoms with van der Waals surface area (Å²) in [7, 11) is 1.81. The van der Waals surface area contributed by atoms with Crippen LogP contribution in [0.3, 0.4) is 0 Å². The van der Waals surface area contributed by atoms with Crippen molar-refractivity contribution in [3.05, 3.63) is 70.2 Å². The Bertz CT molecular complexity index is 1130. The minimum atomic E-state index is -0.178. The van der Waals surface area contributed by atoms with Gasteiger partial charge in [0.25, 0.3) is 5.91 Å². The van der Waals surface area contributed by atoms with Crippen LogP contribution in [0.1, 0.15) is 21.6 Å². The van der Waals surface area contributed by atoms with Crippen LogP contribution in [-0.2, 0) is 13.6 Å². The van der Waals surface area contributed by atoms with Crippen LogP contribution in [0, 0.1) is 6.92 Å². The lowest BCUT2D eigenvalue weighted by molar-refractivity contribution is 0.102. The highest BCUT2D eigenvalue weighted by Gasteiger charge is 2.15. The zero-order chi connectivity index (χ0) is 19.0. The molecule has 0 atom stereocenters. The van der Waals surface area contributed by atoms with E-state index in [2.05, 4.69) is 36.4 Å². The van der Waals surface area contributed by atoms with Crippen molar-refractivity contribution >= 4 is 38.6 Å². The first-order chi connectivity index (χ1) is 13.0. The van der Waals surface area contributed by atoms with Crippen molar-refractivity contribution in [1.82, 2.24) is 24.5 Å². The average molecular weight is 425 g/mol. The number of nitrogens with zero attached hydrogens (tertiary/aromatic N) is 5. The van der Waals surface area contributed by atoms with Gasteiger partial charge in [0.15, 0.2) is 5.65 Å². The summed E-state index contributed by atoms with van der Waals surface area (Å²) in [5, 5.41) is 12.1. The van der Waals surface area contributed by atoms with Gasteiger partial charge < -0.3 is 5.32 Å². The number of carbonyl (C=O) groups excluding carboxylic acids is 1. The van der Waals surface area contributed by atoms with E-state index in [0.717, 1.165) is 26.8 Å². The molecule has 3 heterocycles. The van der Waals surface area contributed by atoms with Gasteiger partial charge in [-0.05, 0) is 46.6 Å². The molecule has 0 aliphatic heterocycles. The topological polar surface area (TPSA) is 77.6 Å². The van der Waals surface area contributed by atoms with E-state index in [0.29, 0.717) is 17.8 Å². The lowest BCUT2D eigenvalue weighted by Crippen LogP contribution is -2.13. The normalized spacial score (nSPS) is 11.1. The quantitative estimate of drug-likeness (QED) is 0.543. The van der Waals surface area contributed by atoms with Crippen LogP contribution in [0.2, 0.25) is 0 Å². The number of halogens is 1. The van der Waals surface area contributed by atoms with Gasteiger partial charge in [0.1, 0.15) is 0 Å². The summed E-state index contributed by atoms with van der Waals surface area (Å²) in [6.07, 6.45) is 5.34. The predicted molar refractivity (Wildman–Crippen MR) is 107 cm³/mol. The van der Waals surface area contributed by atoms with Crippen molar-refractivity contribution in [3.63, 3.8) is 0 Å². The van der Waals surface area contributed by atoms with E-state index in [4.69, 9.17) is 0 Å². The van der Waals surface area contributed by atoms with Gasteiger partial charge in [-0.25, -0.2) is 4.98 Å². The lowest BCUT2D eigenvalue weighted by atomic mass is 10.1. The molecule has 0 saturated heterocycles. The fourth-order valence-corrected chi connectivity index (χ4v) is 3.26. The molecule has 0 aliphatic carbocycles. The van der Waals surface area contributed by atoms with Crippen LogP contribution in [0.25, 0.3) is 11.0 Å². The van der Waals surface area contributed by atoms with E-state index >= 15 is 0 Å². The summed E-state index contributed by atoms with van der Waals surface area (Å²) in [6, 6.07) is 9.51. The Morgan fingerprint density at radius 2 is 1.96 bits per heavy atom. The van der Waals surface area contributed by atoms with Gasteiger partial charge in [-0.3, -0.25) is 14.2 Å². The number of amides is 1. The maximum atomic E-state index is 12.8. The van der Waals surface area contributed by atoms with Gasteiger partial charge in [0.2, 0.25) is 0 Å². The molecule has 0 saturated carbocycles.